The summed E-state index contributed by atoms with van der Waals surface area (Å²) in [4.78, 5) is 29.6. The fourth-order valence-corrected chi connectivity index (χ4v) is 12.4. The predicted octanol–water partition coefficient (Wildman–Crippen LogP) is 6.37. The first-order valence-corrected chi connectivity index (χ1v) is 20.2. The van der Waals surface area contributed by atoms with Crippen molar-refractivity contribution in [2.24, 2.45) is 11.0 Å². The molecule has 49 heavy (non-hydrogen) atoms. The minimum atomic E-state index is -2.25. The summed E-state index contributed by atoms with van der Waals surface area (Å²) < 4.78 is 12.4. The zero-order chi connectivity index (χ0) is 34.3. The van der Waals surface area contributed by atoms with Crippen LogP contribution in [0.3, 0.4) is 0 Å². The molecule has 0 bridgehead atoms. The van der Waals surface area contributed by atoms with E-state index in [0.717, 1.165) is 33.8 Å². The Morgan fingerprint density at radius 1 is 0.918 bits per heavy atom. The molecule has 1 fully saturated rings. The van der Waals surface area contributed by atoms with Gasteiger partial charge in [0.05, 0.1) is 44.9 Å². The van der Waals surface area contributed by atoms with Gasteiger partial charge in [0.2, 0.25) is 5.91 Å². The summed E-state index contributed by atoms with van der Waals surface area (Å²) in [7, 11) is -0.579. The molecule has 8 nitrogen and oxygen atoms in total. The predicted molar refractivity (Wildman–Crippen MR) is 195 cm³/mol. The topological polar surface area (TPSA) is 91.7 Å². The number of hydrogen-bond donors (Lipinski definition) is 1. The first-order chi connectivity index (χ1) is 23.7. The molecule has 3 aliphatic heterocycles. The Kier molecular flexibility index (Phi) is 8.77. The molecule has 0 aromatic heterocycles. The first kappa shape index (κ1) is 32.9. The van der Waals surface area contributed by atoms with Crippen molar-refractivity contribution >= 4 is 42.2 Å². The third kappa shape index (κ3) is 5.59. The number of amides is 2. The summed E-state index contributed by atoms with van der Waals surface area (Å²) in [6.07, 6.45) is 1.19. The molecule has 3 aliphatic rings. The maximum atomic E-state index is 14.8. The minimum Gasteiger partial charge on any atom is -0.497 e. The number of ether oxygens (including phenoxy) is 2. The highest BCUT2D eigenvalue weighted by molar-refractivity contribution is 6.91. The SMILES string of the molecule is COc1ccc([Si](C)(C)[C@@H]2[C@@H](CCO)O[C@]3(C(=O)N(Cc4ccc(N5N=C(c6ccccc6)CCC5=O)cc4)c4ccccc43)[C@H]2C)cc1. The van der Waals surface area contributed by atoms with Gasteiger partial charge in [-0.3, -0.25) is 9.59 Å². The molecule has 1 spiro atoms. The Morgan fingerprint density at radius 2 is 1.61 bits per heavy atom. The van der Waals surface area contributed by atoms with Gasteiger partial charge in [-0.15, -0.1) is 0 Å². The number of hydrazone groups is 1. The molecule has 252 valence electrons. The Hall–Kier alpha value is -4.57. The molecule has 3 heterocycles. The number of rotatable bonds is 9. The van der Waals surface area contributed by atoms with Gasteiger partial charge in [0.15, 0.2) is 5.60 Å². The summed E-state index contributed by atoms with van der Waals surface area (Å²) >= 11 is 0. The zero-order valence-corrected chi connectivity index (χ0v) is 29.5. The number of benzene rings is 4. The van der Waals surface area contributed by atoms with E-state index in [9.17, 15) is 14.7 Å². The van der Waals surface area contributed by atoms with Crippen LogP contribution in [0.1, 0.15) is 42.9 Å². The van der Waals surface area contributed by atoms with E-state index in [0.29, 0.717) is 31.5 Å². The standard InChI is InChI=1S/C40H43N3O5Si/c1-27-38(49(3,4)32-20-18-31(47-2)19-21-32)36(24-25-44)48-40(27)33-12-8-9-13-35(33)42(39(40)46)26-28-14-16-30(17-15-28)43-37(45)23-22-34(41-43)29-10-6-5-7-11-29/h5-21,27,36,38,44H,22-26H2,1-4H3/t27-,36+,38-,40+/m0/s1. The third-order valence-electron chi connectivity index (χ3n) is 10.8. The maximum absolute atomic E-state index is 14.8. The molecule has 0 aliphatic carbocycles. The monoisotopic (exact) mass is 673 g/mol. The number of anilines is 2. The van der Waals surface area contributed by atoms with E-state index >= 15 is 0 Å². The second-order valence-electron chi connectivity index (χ2n) is 13.9. The van der Waals surface area contributed by atoms with Crippen LogP contribution < -0.4 is 19.8 Å². The fraction of sp³-hybridized carbons (Fsp3) is 0.325. The second-order valence-corrected chi connectivity index (χ2v) is 18.5. The van der Waals surface area contributed by atoms with Crippen molar-refractivity contribution in [3.8, 4) is 5.75 Å². The minimum absolute atomic E-state index is 0.0145. The van der Waals surface area contributed by atoms with Crippen LogP contribution in [0.15, 0.2) is 108 Å². The highest BCUT2D eigenvalue weighted by Gasteiger charge is 2.66. The lowest BCUT2D eigenvalue weighted by Gasteiger charge is -2.37. The Labute approximate surface area is 289 Å². The highest BCUT2D eigenvalue weighted by Crippen LogP contribution is 2.60. The lowest BCUT2D eigenvalue weighted by Crippen LogP contribution is -2.51. The number of aliphatic hydroxyl groups excluding tert-OH is 1. The summed E-state index contributed by atoms with van der Waals surface area (Å²) in [5, 5.41) is 17.6. The van der Waals surface area contributed by atoms with Crippen LogP contribution in [0.4, 0.5) is 11.4 Å². The van der Waals surface area contributed by atoms with Gasteiger partial charge < -0.3 is 19.5 Å². The average molecular weight is 674 g/mol. The molecule has 0 radical (unpaired) electrons. The number of fused-ring (bicyclic) bond motifs is 2. The lowest BCUT2D eigenvalue weighted by molar-refractivity contribution is -0.146. The molecule has 4 aromatic rings. The first-order valence-electron chi connectivity index (χ1n) is 17.1. The molecular weight excluding hydrogens is 631 g/mol. The Balaban J connectivity index is 1.18. The molecular formula is C40H43N3O5Si. The van der Waals surface area contributed by atoms with E-state index in [1.807, 2.05) is 95.9 Å². The van der Waals surface area contributed by atoms with E-state index in [1.54, 1.807) is 7.11 Å². The highest BCUT2D eigenvalue weighted by atomic mass is 28.3. The van der Waals surface area contributed by atoms with Crippen LogP contribution in [0.25, 0.3) is 0 Å². The largest absolute Gasteiger partial charge is 0.497 e. The number of aliphatic hydroxyl groups is 1. The van der Waals surface area contributed by atoms with Gasteiger partial charge in [-0.05, 0) is 53.4 Å². The van der Waals surface area contributed by atoms with Gasteiger partial charge in [-0.25, -0.2) is 5.01 Å². The fourth-order valence-electron chi connectivity index (χ4n) is 8.34. The number of hydrogen-bond acceptors (Lipinski definition) is 6. The van der Waals surface area contributed by atoms with Crippen molar-refractivity contribution in [3.63, 3.8) is 0 Å². The van der Waals surface area contributed by atoms with Gasteiger partial charge >= 0.3 is 0 Å². The van der Waals surface area contributed by atoms with Crippen molar-refractivity contribution in [1.29, 1.82) is 0 Å². The molecule has 1 saturated heterocycles. The number of methoxy groups -OCH3 is 1. The number of carbonyl (C=O) groups is 2. The van der Waals surface area contributed by atoms with Crippen LogP contribution in [0.5, 0.6) is 5.75 Å². The molecule has 2 amide bonds. The average Bonchev–Trinajstić information content (AvgIpc) is 3.56. The molecule has 1 N–H and O–H groups in total. The van der Waals surface area contributed by atoms with Crippen molar-refractivity contribution < 1.29 is 24.2 Å². The maximum Gasteiger partial charge on any atom is 0.264 e. The van der Waals surface area contributed by atoms with Crippen molar-refractivity contribution in [2.75, 3.05) is 23.6 Å². The molecule has 4 aromatic carbocycles. The normalized spacial score (nSPS) is 23.6. The quantitative estimate of drug-likeness (QED) is 0.209. The smallest absolute Gasteiger partial charge is 0.264 e. The molecule has 7 rings (SSSR count). The van der Waals surface area contributed by atoms with Crippen LogP contribution in [-0.4, -0.2) is 50.5 Å². The van der Waals surface area contributed by atoms with Crippen molar-refractivity contribution in [2.45, 2.75) is 63.1 Å². The van der Waals surface area contributed by atoms with Gasteiger partial charge in [-0.2, -0.15) is 5.10 Å². The molecule has 9 heteroatoms. The van der Waals surface area contributed by atoms with Gasteiger partial charge in [0.1, 0.15) is 5.75 Å². The second kappa shape index (κ2) is 13.0. The third-order valence-corrected chi connectivity index (χ3v) is 15.2. The lowest BCUT2D eigenvalue weighted by atomic mass is 9.82. The van der Waals surface area contributed by atoms with Crippen molar-refractivity contribution in [3.05, 3.63) is 120 Å². The van der Waals surface area contributed by atoms with E-state index < -0.39 is 13.7 Å². The molecule has 0 saturated carbocycles. The van der Waals surface area contributed by atoms with Crippen LogP contribution in [0, 0.1) is 5.92 Å². The van der Waals surface area contributed by atoms with Gasteiger partial charge in [0, 0.05) is 30.9 Å². The van der Waals surface area contributed by atoms with E-state index in [-0.39, 0.29) is 36.0 Å². The van der Waals surface area contributed by atoms with E-state index in [2.05, 4.69) is 32.2 Å². The Morgan fingerprint density at radius 3 is 2.31 bits per heavy atom. The number of carbonyl (C=O) groups excluding carboxylic acids is 2. The van der Waals surface area contributed by atoms with Gasteiger partial charge in [-0.1, -0.05) is 98.0 Å². The summed E-state index contributed by atoms with van der Waals surface area (Å²) in [5.41, 5.74) is 4.18. The molecule has 4 atom stereocenters. The summed E-state index contributed by atoms with van der Waals surface area (Å²) in [6.45, 7) is 7.18. The van der Waals surface area contributed by atoms with Crippen LogP contribution in [-0.2, 0) is 26.5 Å². The van der Waals surface area contributed by atoms with E-state index in [4.69, 9.17) is 14.6 Å². The van der Waals surface area contributed by atoms with Crippen LogP contribution in [0.2, 0.25) is 18.6 Å². The zero-order valence-electron chi connectivity index (χ0n) is 28.5. The Bertz CT molecular complexity index is 1880. The number of para-hydroxylation sites is 1. The summed E-state index contributed by atoms with van der Waals surface area (Å²) in [5.74, 6) is 0.566. The van der Waals surface area contributed by atoms with Crippen molar-refractivity contribution in [1.82, 2.24) is 0 Å². The van der Waals surface area contributed by atoms with E-state index in [1.165, 1.54) is 10.2 Å². The number of nitrogens with zero attached hydrogens (tertiary/aromatic N) is 3. The molecule has 0 unspecified atom stereocenters. The summed E-state index contributed by atoms with van der Waals surface area (Å²) in [6, 6.07) is 33.9. The van der Waals surface area contributed by atoms with Crippen LogP contribution >= 0.6 is 0 Å². The van der Waals surface area contributed by atoms with Gasteiger partial charge in [0.25, 0.3) is 5.91 Å².